The van der Waals surface area contributed by atoms with E-state index in [-0.39, 0.29) is 52.6 Å². The number of amides is 2. The Morgan fingerprint density at radius 2 is 1.72 bits per heavy atom. The molecule has 1 unspecified atom stereocenters. The fraction of sp³-hybridized carbons (Fsp3) is 0.400. The molecule has 2 fully saturated rings. The standard InChI is InChI=1S/C35H33F8N5O4S.ClH/c1-33-9-2-10-48(33)47(19-21-3-7-25(29(37)28(21)36)53-16-13-46-11-14-52-15-12-46)32(51)27(30(33)49)31(50)45-24-6-5-22(34(38,39)40)17-23(24)20-4-8-26(44-18-20)35(41,42)43;/h3-8,17-18,49H,2,9-16,19H2,1H3,(H,45,50);1H. The van der Waals surface area contributed by atoms with Crippen molar-refractivity contribution in [1.82, 2.24) is 19.9 Å². The summed E-state index contributed by atoms with van der Waals surface area (Å²) >= 11 is 1.14. The van der Waals surface area contributed by atoms with Crippen LogP contribution in [0.5, 0.6) is 0 Å². The number of hydrazine groups is 1. The van der Waals surface area contributed by atoms with Crippen molar-refractivity contribution in [3.05, 3.63) is 88.4 Å². The lowest BCUT2D eigenvalue weighted by Crippen LogP contribution is -2.60. The maximum Gasteiger partial charge on any atom is 0.433 e. The number of benzene rings is 2. The second-order valence-electron chi connectivity index (χ2n) is 12.9. The van der Waals surface area contributed by atoms with Crippen molar-refractivity contribution in [2.75, 3.05) is 50.5 Å². The van der Waals surface area contributed by atoms with E-state index in [1.54, 1.807) is 6.92 Å². The van der Waals surface area contributed by atoms with Crippen LogP contribution in [0.3, 0.4) is 0 Å². The van der Waals surface area contributed by atoms with Crippen molar-refractivity contribution in [3.63, 3.8) is 0 Å². The number of thioether (sulfide) groups is 1. The second-order valence-corrected chi connectivity index (χ2v) is 14.0. The topological polar surface area (TPSA) is 98.2 Å². The third-order valence-corrected chi connectivity index (χ3v) is 10.5. The summed E-state index contributed by atoms with van der Waals surface area (Å²) in [6, 6.07) is 6.27. The third-order valence-electron chi connectivity index (χ3n) is 9.49. The smallest absolute Gasteiger partial charge is 0.433 e. The van der Waals surface area contributed by atoms with Gasteiger partial charge in [-0.15, -0.1) is 24.2 Å². The number of fused-ring (bicyclic) bond motifs is 1. The lowest BCUT2D eigenvalue weighted by Gasteiger charge is -2.46. The molecule has 0 radical (unpaired) electrons. The predicted molar refractivity (Wildman–Crippen MR) is 184 cm³/mol. The van der Waals surface area contributed by atoms with Gasteiger partial charge in [0.25, 0.3) is 11.8 Å². The third kappa shape index (κ3) is 8.32. The van der Waals surface area contributed by atoms with Crippen LogP contribution in [0.25, 0.3) is 11.1 Å². The zero-order chi connectivity index (χ0) is 38.3. The summed E-state index contributed by atoms with van der Waals surface area (Å²) in [5.74, 6) is -4.79. The molecule has 1 atom stereocenters. The molecule has 0 saturated carbocycles. The summed E-state index contributed by atoms with van der Waals surface area (Å²) in [4.78, 5) is 33.3. The quantitative estimate of drug-likeness (QED) is 0.131. The van der Waals surface area contributed by atoms with Crippen LogP contribution in [0.2, 0.25) is 0 Å². The van der Waals surface area contributed by atoms with E-state index in [1.807, 2.05) is 0 Å². The van der Waals surface area contributed by atoms with Gasteiger partial charge in [0, 0.05) is 65.4 Å². The molecular formula is C35H34ClF8N5O4S. The molecule has 9 nitrogen and oxygen atoms in total. The second kappa shape index (κ2) is 16.0. The number of nitrogens with zero attached hydrogens (tertiary/aromatic N) is 4. The van der Waals surface area contributed by atoms with E-state index in [9.17, 15) is 41.0 Å². The lowest BCUT2D eigenvalue weighted by molar-refractivity contribution is -0.160. The number of hydrogen-bond donors (Lipinski definition) is 2. The van der Waals surface area contributed by atoms with Crippen LogP contribution in [0.15, 0.2) is 64.9 Å². The number of hydrogen-bond acceptors (Lipinski definition) is 8. The molecule has 2 amide bonds. The number of ether oxygens (including phenoxy) is 1. The molecule has 2 aromatic carbocycles. The van der Waals surface area contributed by atoms with Gasteiger partial charge in [0.2, 0.25) is 0 Å². The summed E-state index contributed by atoms with van der Waals surface area (Å²) in [6.45, 7) is 4.55. The lowest BCUT2D eigenvalue weighted by atomic mass is 9.90. The Hall–Kier alpha value is -3.97. The highest BCUT2D eigenvalue weighted by molar-refractivity contribution is 7.99. The maximum absolute atomic E-state index is 15.5. The fourth-order valence-corrected chi connectivity index (χ4v) is 7.55. The Bertz CT molecular complexity index is 1920. The van der Waals surface area contributed by atoms with Crippen LogP contribution < -0.4 is 5.32 Å². The number of pyridine rings is 1. The Balaban J connectivity index is 0.00000561. The highest BCUT2D eigenvalue weighted by atomic mass is 35.5. The van der Waals surface area contributed by atoms with Crippen LogP contribution in [0.4, 0.5) is 40.8 Å². The van der Waals surface area contributed by atoms with Gasteiger partial charge >= 0.3 is 12.4 Å². The van der Waals surface area contributed by atoms with Gasteiger partial charge in [-0.2, -0.15) is 26.3 Å². The largest absolute Gasteiger partial charge is 0.509 e. The van der Waals surface area contributed by atoms with E-state index in [0.717, 1.165) is 42.0 Å². The molecule has 2 saturated heterocycles. The number of carbonyl (C=O) groups excluding carboxylic acids is 2. The minimum Gasteiger partial charge on any atom is -0.509 e. The van der Waals surface area contributed by atoms with Crippen LogP contribution in [-0.2, 0) is 33.2 Å². The molecule has 4 heterocycles. The van der Waals surface area contributed by atoms with Gasteiger partial charge in [0.05, 0.1) is 30.9 Å². The molecule has 2 N–H and O–H groups in total. The Morgan fingerprint density at radius 1 is 1.00 bits per heavy atom. The van der Waals surface area contributed by atoms with Gasteiger partial charge in [0.1, 0.15) is 17.0 Å². The maximum atomic E-state index is 15.5. The molecular weight excluding hydrogens is 774 g/mol. The van der Waals surface area contributed by atoms with Gasteiger partial charge in [-0.3, -0.25) is 24.5 Å². The minimum absolute atomic E-state index is 0. The number of aliphatic hydroxyl groups is 1. The van der Waals surface area contributed by atoms with Crippen molar-refractivity contribution >= 4 is 41.7 Å². The molecule has 54 heavy (non-hydrogen) atoms. The summed E-state index contributed by atoms with van der Waals surface area (Å²) in [5.41, 5.74) is -5.75. The minimum atomic E-state index is -4.87. The van der Waals surface area contributed by atoms with E-state index >= 15 is 8.78 Å². The van der Waals surface area contributed by atoms with Crippen molar-refractivity contribution in [3.8, 4) is 11.1 Å². The first-order valence-electron chi connectivity index (χ1n) is 16.5. The van der Waals surface area contributed by atoms with Crippen molar-refractivity contribution in [2.24, 2.45) is 0 Å². The summed E-state index contributed by atoms with van der Waals surface area (Å²) in [5, 5.41) is 16.2. The number of aliphatic hydroxyl groups excluding tert-OH is 1. The van der Waals surface area contributed by atoms with Gasteiger partial charge < -0.3 is 15.2 Å². The fourth-order valence-electron chi connectivity index (χ4n) is 6.60. The number of carbonyl (C=O) groups is 2. The van der Waals surface area contributed by atoms with E-state index < -0.39 is 70.5 Å². The molecule has 1 aromatic heterocycles. The van der Waals surface area contributed by atoms with Gasteiger partial charge in [-0.05, 0) is 50.1 Å². The number of rotatable bonds is 9. The van der Waals surface area contributed by atoms with Crippen LogP contribution >= 0.6 is 24.2 Å². The number of alkyl halides is 6. The zero-order valence-electron chi connectivity index (χ0n) is 28.5. The number of anilines is 1. The first kappa shape index (κ1) is 41.2. The molecule has 3 aliphatic heterocycles. The summed E-state index contributed by atoms with van der Waals surface area (Å²) in [7, 11) is 0. The first-order valence-corrected chi connectivity index (χ1v) is 17.5. The van der Waals surface area contributed by atoms with E-state index in [0.29, 0.717) is 56.3 Å². The van der Waals surface area contributed by atoms with Crippen LogP contribution in [-0.4, -0.2) is 87.5 Å². The van der Waals surface area contributed by atoms with Crippen molar-refractivity contribution < 1.29 is 54.6 Å². The monoisotopic (exact) mass is 807 g/mol. The van der Waals surface area contributed by atoms with Crippen molar-refractivity contribution in [2.45, 2.75) is 49.1 Å². The van der Waals surface area contributed by atoms with Gasteiger partial charge in [0.15, 0.2) is 11.6 Å². The molecule has 292 valence electrons. The number of morpholine rings is 1. The van der Waals surface area contributed by atoms with E-state index in [2.05, 4.69) is 15.2 Å². The summed E-state index contributed by atoms with van der Waals surface area (Å²) < 4.78 is 117. The van der Waals surface area contributed by atoms with Crippen LogP contribution in [0.1, 0.15) is 36.6 Å². The summed E-state index contributed by atoms with van der Waals surface area (Å²) in [6.07, 6.45) is -8.32. The SMILES string of the molecule is CC12CCCN1N(Cc1ccc(SCCN3CCOCC3)c(F)c1F)C(=O)C(C(=O)Nc1ccc(C(F)(F)F)cc1-c1ccc(C(F)(F)F)nc1)=C2O.Cl. The predicted octanol–water partition coefficient (Wildman–Crippen LogP) is 7.47. The molecule has 3 aromatic rings. The highest BCUT2D eigenvalue weighted by Gasteiger charge is 2.53. The van der Waals surface area contributed by atoms with Gasteiger partial charge in [-0.25, -0.2) is 13.8 Å². The molecule has 0 aliphatic carbocycles. The molecule has 0 spiro atoms. The molecule has 19 heteroatoms. The number of nitrogens with one attached hydrogen (secondary N) is 1. The average Bonchev–Trinajstić information content (AvgIpc) is 3.52. The Kier molecular flexibility index (Phi) is 12.2. The number of aromatic nitrogens is 1. The highest BCUT2D eigenvalue weighted by Crippen LogP contribution is 2.43. The van der Waals surface area contributed by atoms with Crippen LogP contribution in [0, 0.1) is 11.6 Å². The molecule has 0 bridgehead atoms. The number of halogens is 9. The van der Waals surface area contributed by atoms with E-state index in [1.165, 1.54) is 17.1 Å². The molecule has 3 aliphatic rings. The molecule has 6 rings (SSSR count). The zero-order valence-corrected chi connectivity index (χ0v) is 30.1. The first-order chi connectivity index (χ1) is 25.0. The Labute approximate surface area is 314 Å². The van der Waals surface area contributed by atoms with E-state index in [4.69, 9.17) is 4.74 Å². The normalized spacial score (nSPS) is 19.9. The van der Waals surface area contributed by atoms with Gasteiger partial charge in [-0.1, -0.05) is 12.1 Å². The Morgan fingerprint density at radius 3 is 2.37 bits per heavy atom. The average molecular weight is 808 g/mol. The van der Waals surface area contributed by atoms with Crippen molar-refractivity contribution in [1.29, 1.82) is 0 Å².